The van der Waals surface area contributed by atoms with Crippen LogP contribution in [0.1, 0.15) is 42.9 Å². The van der Waals surface area contributed by atoms with Crippen molar-refractivity contribution in [2.24, 2.45) is 0 Å². The molecule has 0 spiro atoms. The van der Waals surface area contributed by atoms with Gasteiger partial charge in [0.25, 0.3) is 0 Å². The summed E-state index contributed by atoms with van der Waals surface area (Å²) in [6.45, 7) is 4.10. The second kappa shape index (κ2) is 7.18. The van der Waals surface area contributed by atoms with E-state index in [1.807, 2.05) is 5.38 Å². The molecule has 0 saturated carbocycles. The SMILES string of the molecule is CCC(c1nc(CCl)cs1)N(C)CC1(O)CCOCC1. The maximum Gasteiger partial charge on any atom is 0.110 e. The molecule has 0 radical (unpaired) electrons. The van der Waals surface area contributed by atoms with Crippen molar-refractivity contribution in [1.29, 1.82) is 0 Å². The highest BCUT2D eigenvalue weighted by atomic mass is 35.5. The van der Waals surface area contributed by atoms with Crippen LogP contribution in [0.3, 0.4) is 0 Å². The lowest BCUT2D eigenvalue weighted by atomic mass is 9.93. The molecule has 0 aliphatic carbocycles. The molecule has 4 nitrogen and oxygen atoms in total. The second-order valence-electron chi connectivity index (χ2n) is 5.49. The molecular formula is C14H23ClN2O2S. The summed E-state index contributed by atoms with van der Waals surface area (Å²) < 4.78 is 5.33. The summed E-state index contributed by atoms with van der Waals surface area (Å²) in [5, 5.41) is 13.7. The number of thiazole rings is 1. The smallest absolute Gasteiger partial charge is 0.110 e. The molecule has 0 bridgehead atoms. The van der Waals surface area contributed by atoms with E-state index in [9.17, 15) is 5.11 Å². The largest absolute Gasteiger partial charge is 0.388 e. The van der Waals surface area contributed by atoms with Gasteiger partial charge in [0.2, 0.25) is 0 Å². The van der Waals surface area contributed by atoms with Gasteiger partial charge in [0.1, 0.15) is 5.01 Å². The van der Waals surface area contributed by atoms with E-state index in [-0.39, 0.29) is 6.04 Å². The van der Waals surface area contributed by atoms with Gasteiger partial charge in [0.05, 0.1) is 23.2 Å². The summed E-state index contributed by atoms with van der Waals surface area (Å²) in [6, 6.07) is 0.240. The molecule has 1 aliphatic rings. The number of likely N-dealkylation sites (N-methyl/N-ethyl adjacent to an activating group) is 1. The Hall–Kier alpha value is -0.200. The molecule has 2 rings (SSSR count). The fourth-order valence-corrected chi connectivity index (χ4v) is 3.99. The average molecular weight is 319 g/mol. The number of rotatable bonds is 6. The molecule has 1 aromatic heterocycles. The zero-order valence-electron chi connectivity index (χ0n) is 12.1. The topological polar surface area (TPSA) is 45.6 Å². The molecule has 6 heteroatoms. The summed E-state index contributed by atoms with van der Waals surface area (Å²) in [7, 11) is 2.06. The molecule has 0 amide bonds. The molecule has 1 unspecified atom stereocenters. The third-order valence-electron chi connectivity index (χ3n) is 3.88. The average Bonchev–Trinajstić information content (AvgIpc) is 2.88. The Bertz CT molecular complexity index is 421. The van der Waals surface area contributed by atoms with Crippen molar-refractivity contribution in [1.82, 2.24) is 9.88 Å². The fourth-order valence-electron chi connectivity index (χ4n) is 2.70. The van der Waals surface area contributed by atoms with Gasteiger partial charge in [0, 0.05) is 38.0 Å². The molecule has 0 aromatic carbocycles. The minimum absolute atomic E-state index is 0.240. The fraction of sp³-hybridized carbons (Fsp3) is 0.786. The van der Waals surface area contributed by atoms with Gasteiger partial charge in [-0.2, -0.15) is 0 Å². The van der Waals surface area contributed by atoms with Crippen molar-refractivity contribution in [3.05, 3.63) is 16.1 Å². The van der Waals surface area contributed by atoms with Crippen LogP contribution in [0.25, 0.3) is 0 Å². The normalized spacial score (nSPS) is 20.2. The van der Waals surface area contributed by atoms with Crippen molar-refractivity contribution in [3.8, 4) is 0 Å². The van der Waals surface area contributed by atoms with Crippen molar-refractivity contribution >= 4 is 22.9 Å². The Morgan fingerprint density at radius 3 is 2.80 bits per heavy atom. The number of halogens is 1. The molecule has 114 valence electrons. The van der Waals surface area contributed by atoms with Crippen LogP contribution in [0.2, 0.25) is 0 Å². The predicted molar refractivity (Wildman–Crippen MR) is 82.3 cm³/mol. The first-order valence-corrected chi connectivity index (χ1v) is 8.50. The predicted octanol–water partition coefficient (Wildman–Crippen LogP) is 2.81. The molecule has 20 heavy (non-hydrogen) atoms. The van der Waals surface area contributed by atoms with Crippen LogP contribution in [-0.4, -0.2) is 47.4 Å². The van der Waals surface area contributed by atoms with Crippen LogP contribution >= 0.6 is 22.9 Å². The third kappa shape index (κ3) is 3.92. The summed E-state index contributed by atoms with van der Waals surface area (Å²) in [5.74, 6) is 0.456. The first-order valence-electron chi connectivity index (χ1n) is 7.08. The number of ether oxygens (including phenoxy) is 1. The Kier molecular flexibility index (Phi) is 5.81. The minimum atomic E-state index is -0.632. The van der Waals surface area contributed by atoms with Crippen molar-refractivity contribution in [3.63, 3.8) is 0 Å². The lowest BCUT2D eigenvalue weighted by Gasteiger charge is -2.37. The van der Waals surface area contributed by atoms with Gasteiger partial charge in [0.15, 0.2) is 0 Å². The number of nitrogens with zero attached hydrogens (tertiary/aromatic N) is 2. The first kappa shape index (κ1) is 16.2. The van der Waals surface area contributed by atoms with Crippen LogP contribution < -0.4 is 0 Å². The Morgan fingerprint density at radius 2 is 2.25 bits per heavy atom. The van der Waals surface area contributed by atoms with Crippen LogP contribution in [0.4, 0.5) is 0 Å². The van der Waals surface area contributed by atoms with E-state index in [1.54, 1.807) is 11.3 Å². The number of alkyl halides is 1. The zero-order chi connectivity index (χ0) is 14.6. The van der Waals surface area contributed by atoms with Crippen LogP contribution in [0, 0.1) is 0 Å². The maximum atomic E-state index is 10.6. The summed E-state index contributed by atoms with van der Waals surface area (Å²) in [4.78, 5) is 6.79. The number of hydrogen-bond acceptors (Lipinski definition) is 5. The standard InChI is InChI=1S/C14H23ClN2O2S/c1-3-12(13-16-11(8-15)9-20-13)17(2)10-14(18)4-6-19-7-5-14/h9,12,18H,3-8,10H2,1-2H3. The molecule has 1 fully saturated rings. The van der Waals surface area contributed by atoms with Crippen LogP contribution in [-0.2, 0) is 10.6 Å². The molecule has 1 N–H and O–H groups in total. The lowest BCUT2D eigenvalue weighted by Crippen LogP contribution is -2.46. The van der Waals surface area contributed by atoms with E-state index >= 15 is 0 Å². The minimum Gasteiger partial charge on any atom is -0.388 e. The van der Waals surface area contributed by atoms with Gasteiger partial charge in [-0.1, -0.05) is 6.92 Å². The summed E-state index contributed by atoms with van der Waals surface area (Å²) in [6.07, 6.45) is 2.38. The number of hydrogen-bond donors (Lipinski definition) is 1. The van der Waals surface area contributed by atoms with Crippen molar-refractivity contribution < 1.29 is 9.84 Å². The highest BCUT2D eigenvalue weighted by Gasteiger charge is 2.33. The van der Waals surface area contributed by atoms with Crippen LogP contribution in [0.15, 0.2) is 5.38 Å². The van der Waals surface area contributed by atoms with E-state index in [0.717, 1.165) is 17.1 Å². The summed E-state index contributed by atoms with van der Waals surface area (Å²) in [5.41, 5.74) is 0.302. The van der Waals surface area contributed by atoms with Gasteiger partial charge in [-0.25, -0.2) is 4.98 Å². The maximum absolute atomic E-state index is 10.6. The molecule has 1 atom stereocenters. The van der Waals surface area contributed by atoms with Gasteiger partial charge in [-0.05, 0) is 13.5 Å². The Balaban J connectivity index is 2.02. The van der Waals surface area contributed by atoms with E-state index in [0.29, 0.717) is 38.5 Å². The zero-order valence-corrected chi connectivity index (χ0v) is 13.7. The van der Waals surface area contributed by atoms with E-state index in [2.05, 4.69) is 23.9 Å². The second-order valence-corrected chi connectivity index (χ2v) is 6.64. The monoisotopic (exact) mass is 318 g/mol. The Labute approximate surface area is 129 Å². The van der Waals surface area contributed by atoms with Crippen molar-refractivity contribution in [2.75, 3.05) is 26.8 Å². The number of aromatic nitrogens is 1. The molecule has 2 heterocycles. The van der Waals surface area contributed by atoms with E-state index in [4.69, 9.17) is 16.3 Å². The third-order valence-corrected chi connectivity index (χ3v) is 5.15. The highest BCUT2D eigenvalue weighted by molar-refractivity contribution is 7.09. The first-order chi connectivity index (χ1) is 9.58. The summed E-state index contributed by atoms with van der Waals surface area (Å²) >= 11 is 7.47. The molecule has 1 saturated heterocycles. The van der Waals surface area contributed by atoms with E-state index < -0.39 is 5.60 Å². The number of aliphatic hydroxyl groups is 1. The highest BCUT2D eigenvalue weighted by Crippen LogP contribution is 2.30. The lowest BCUT2D eigenvalue weighted by molar-refractivity contribution is -0.0818. The molecular weight excluding hydrogens is 296 g/mol. The quantitative estimate of drug-likeness (QED) is 0.819. The van der Waals surface area contributed by atoms with Gasteiger partial charge in [-0.3, -0.25) is 4.90 Å². The molecule has 1 aromatic rings. The van der Waals surface area contributed by atoms with Crippen molar-refractivity contribution in [2.45, 2.75) is 43.7 Å². The van der Waals surface area contributed by atoms with Gasteiger partial charge in [-0.15, -0.1) is 22.9 Å². The van der Waals surface area contributed by atoms with E-state index in [1.165, 1.54) is 0 Å². The molecule has 1 aliphatic heterocycles. The van der Waals surface area contributed by atoms with Gasteiger partial charge >= 0.3 is 0 Å². The Morgan fingerprint density at radius 1 is 1.55 bits per heavy atom. The van der Waals surface area contributed by atoms with Gasteiger partial charge < -0.3 is 9.84 Å². The van der Waals surface area contributed by atoms with Crippen LogP contribution in [0.5, 0.6) is 0 Å².